The van der Waals surface area contributed by atoms with Crippen molar-refractivity contribution in [3.05, 3.63) is 24.4 Å². The molecule has 1 aromatic carbocycles. The molecule has 1 fully saturated rings. The smallest absolute Gasteiger partial charge is 0.169 e. The van der Waals surface area contributed by atoms with Crippen molar-refractivity contribution in [2.24, 2.45) is 7.05 Å². The molecule has 0 radical (unpaired) electrons. The number of para-hydroxylation sites is 1. The summed E-state index contributed by atoms with van der Waals surface area (Å²) in [4.78, 5) is 2.32. The number of hydrogen-bond acceptors (Lipinski definition) is 5. The number of aromatic nitrogens is 2. The third-order valence-electron chi connectivity index (χ3n) is 4.42. The summed E-state index contributed by atoms with van der Waals surface area (Å²) in [5, 5.41) is 4.23. The summed E-state index contributed by atoms with van der Waals surface area (Å²) in [6.07, 6.45) is 3.98. The normalized spacial score (nSPS) is 16.5. The number of anilines is 1. The van der Waals surface area contributed by atoms with Crippen LogP contribution in [-0.2, 0) is 7.05 Å². The average Bonchev–Trinajstić information content (AvgIpc) is 2.89. The number of methoxy groups -OCH3 is 1. The maximum absolute atomic E-state index is 6.33. The van der Waals surface area contributed by atoms with Gasteiger partial charge in [0.05, 0.1) is 13.3 Å². The molecule has 1 aromatic heterocycles. The van der Waals surface area contributed by atoms with Crippen molar-refractivity contribution >= 4 is 5.82 Å². The first kappa shape index (κ1) is 15.7. The van der Waals surface area contributed by atoms with Gasteiger partial charge in [0.1, 0.15) is 11.9 Å². The lowest BCUT2D eigenvalue weighted by molar-refractivity contribution is 0.111. The molecule has 2 N–H and O–H groups in total. The zero-order valence-corrected chi connectivity index (χ0v) is 14.0. The molecule has 0 unspecified atom stereocenters. The van der Waals surface area contributed by atoms with Gasteiger partial charge >= 0.3 is 0 Å². The van der Waals surface area contributed by atoms with Crippen molar-refractivity contribution < 1.29 is 9.47 Å². The molecule has 0 atom stereocenters. The number of aryl methyl sites for hydroxylation is 1. The fourth-order valence-electron chi connectivity index (χ4n) is 2.93. The van der Waals surface area contributed by atoms with Crippen LogP contribution in [0.15, 0.2) is 24.4 Å². The lowest BCUT2D eigenvalue weighted by atomic mass is 10.1. The fourth-order valence-corrected chi connectivity index (χ4v) is 2.93. The lowest BCUT2D eigenvalue weighted by Gasteiger charge is -2.30. The van der Waals surface area contributed by atoms with E-state index in [9.17, 15) is 0 Å². The van der Waals surface area contributed by atoms with Crippen molar-refractivity contribution in [2.45, 2.75) is 18.9 Å². The van der Waals surface area contributed by atoms with Gasteiger partial charge in [0.25, 0.3) is 0 Å². The number of nitrogens with two attached hydrogens (primary N) is 1. The minimum atomic E-state index is 0.194. The molecule has 1 aliphatic rings. The molecule has 6 heteroatoms. The van der Waals surface area contributed by atoms with Gasteiger partial charge in [0.15, 0.2) is 11.5 Å². The highest BCUT2D eigenvalue weighted by molar-refractivity contribution is 5.80. The molecule has 2 aromatic rings. The van der Waals surface area contributed by atoms with Crippen LogP contribution in [0, 0.1) is 0 Å². The Labute approximate surface area is 136 Å². The van der Waals surface area contributed by atoms with E-state index in [0.29, 0.717) is 5.82 Å². The lowest BCUT2D eigenvalue weighted by Crippen LogP contribution is -2.35. The van der Waals surface area contributed by atoms with Gasteiger partial charge in [-0.05, 0) is 26.0 Å². The van der Waals surface area contributed by atoms with Crippen LogP contribution < -0.4 is 15.2 Å². The predicted molar refractivity (Wildman–Crippen MR) is 90.8 cm³/mol. The molecular formula is C17H24N4O2. The second kappa shape index (κ2) is 6.50. The minimum absolute atomic E-state index is 0.194. The van der Waals surface area contributed by atoms with Crippen LogP contribution in [0.2, 0.25) is 0 Å². The molecule has 2 heterocycles. The van der Waals surface area contributed by atoms with Gasteiger partial charge in [-0.2, -0.15) is 5.10 Å². The predicted octanol–water partition coefficient (Wildman–Crippen LogP) is 2.15. The highest BCUT2D eigenvalue weighted by Crippen LogP contribution is 2.41. The van der Waals surface area contributed by atoms with Crippen molar-refractivity contribution in [1.29, 1.82) is 0 Å². The van der Waals surface area contributed by atoms with Crippen molar-refractivity contribution in [1.82, 2.24) is 14.7 Å². The van der Waals surface area contributed by atoms with E-state index in [-0.39, 0.29) is 6.10 Å². The van der Waals surface area contributed by atoms with Gasteiger partial charge in [-0.15, -0.1) is 0 Å². The zero-order valence-electron chi connectivity index (χ0n) is 14.0. The van der Waals surface area contributed by atoms with E-state index >= 15 is 0 Å². The maximum Gasteiger partial charge on any atom is 0.169 e. The van der Waals surface area contributed by atoms with Gasteiger partial charge in [-0.3, -0.25) is 4.68 Å². The number of ether oxygens (including phenoxy) is 2. The van der Waals surface area contributed by atoms with Crippen LogP contribution in [0.1, 0.15) is 12.8 Å². The molecule has 0 aliphatic carbocycles. The Balaban J connectivity index is 1.95. The number of likely N-dealkylation sites (tertiary alicyclic amines) is 1. The number of benzene rings is 1. The van der Waals surface area contributed by atoms with E-state index < -0.39 is 0 Å². The molecule has 23 heavy (non-hydrogen) atoms. The number of piperidine rings is 1. The summed E-state index contributed by atoms with van der Waals surface area (Å²) >= 11 is 0. The van der Waals surface area contributed by atoms with E-state index in [1.54, 1.807) is 18.0 Å². The van der Waals surface area contributed by atoms with Crippen LogP contribution in [-0.4, -0.2) is 48.0 Å². The van der Waals surface area contributed by atoms with Crippen LogP contribution in [0.4, 0.5) is 5.82 Å². The molecule has 3 rings (SSSR count). The molecule has 6 nitrogen and oxygen atoms in total. The van der Waals surface area contributed by atoms with Crippen molar-refractivity contribution in [3.8, 4) is 22.6 Å². The van der Waals surface area contributed by atoms with E-state index in [0.717, 1.165) is 48.6 Å². The van der Waals surface area contributed by atoms with Gasteiger partial charge < -0.3 is 20.1 Å². The van der Waals surface area contributed by atoms with Crippen LogP contribution in [0.3, 0.4) is 0 Å². The van der Waals surface area contributed by atoms with Crippen LogP contribution in [0.25, 0.3) is 11.1 Å². The standard InChI is InChI=1S/C17H24N4O2/c1-20-9-7-12(8-10-20)23-16-13(5-4-6-15(16)22-3)14-11-19-21(2)17(14)18/h4-6,11-12H,7-10,18H2,1-3H3. The van der Waals surface area contributed by atoms with Gasteiger partial charge in [-0.25, -0.2) is 0 Å². The van der Waals surface area contributed by atoms with E-state index in [1.165, 1.54) is 0 Å². The largest absolute Gasteiger partial charge is 0.493 e. The van der Waals surface area contributed by atoms with Crippen LogP contribution in [0.5, 0.6) is 11.5 Å². The molecule has 0 bridgehead atoms. The topological polar surface area (TPSA) is 65.5 Å². The molecule has 124 valence electrons. The number of rotatable bonds is 4. The number of nitrogens with zero attached hydrogens (tertiary/aromatic N) is 3. The monoisotopic (exact) mass is 316 g/mol. The molecule has 0 spiro atoms. The first-order valence-corrected chi connectivity index (χ1v) is 7.90. The molecule has 1 aliphatic heterocycles. The van der Waals surface area contributed by atoms with Gasteiger partial charge in [0, 0.05) is 31.3 Å². The summed E-state index contributed by atoms with van der Waals surface area (Å²) in [6.45, 7) is 2.09. The van der Waals surface area contributed by atoms with Crippen molar-refractivity contribution in [3.63, 3.8) is 0 Å². The second-order valence-electron chi connectivity index (χ2n) is 6.02. The minimum Gasteiger partial charge on any atom is -0.493 e. The SMILES string of the molecule is COc1cccc(-c2cnn(C)c2N)c1OC1CCN(C)CC1. The number of nitrogen functional groups attached to an aromatic ring is 1. The van der Waals surface area contributed by atoms with E-state index in [2.05, 4.69) is 17.0 Å². The molecular weight excluding hydrogens is 292 g/mol. The maximum atomic E-state index is 6.33. The molecule has 1 saturated heterocycles. The van der Waals surface area contributed by atoms with E-state index in [4.69, 9.17) is 15.2 Å². The third kappa shape index (κ3) is 3.12. The Kier molecular flexibility index (Phi) is 4.43. The summed E-state index contributed by atoms with van der Waals surface area (Å²) < 4.78 is 13.5. The summed E-state index contributed by atoms with van der Waals surface area (Å²) in [5.41, 5.74) is 7.94. The Morgan fingerprint density at radius 2 is 1.91 bits per heavy atom. The van der Waals surface area contributed by atoms with Gasteiger partial charge in [-0.1, -0.05) is 12.1 Å². The Morgan fingerprint density at radius 3 is 2.52 bits per heavy atom. The second-order valence-corrected chi connectivity index (χ2v) is 6.02. The first-order chi connectivity index (χ1) is 11.1. The Bertz CT molecular complexity index is 675. The van der Waals surface area contributed by atoms with E-state index in [1.807, 2.05) is 25.2 Å². The molecule has 0 amide bonds. The highest BCUT2D eigenvalue weighted by Gasteiger charge is 2.23. The number of hydrogen-bond donors (Lipinski definition) is 1. The quantitative estimate of drug-likeness (QED) is 0.936. The summed E-state index contributed by atoms with van der Waals surface area (Å²) in [5.74, 6) is 2.10. The van der Waals surface area contributed by atoms with Crippen LogP contribution >= 0.6 is 0 Å². The average molecular weight is 316 g/mol. The highest BCUT2D eigenvalue weighted by atomic mass is 16.5. The summed E-state index contributed by atoms with van der Waals surface area (Å²) in [6, 6.07) is 5.86. The fraction of sp³-hybridized carbons (Fsp3) is 0.471. The zero-order chi connectivity index (χ0) is 16.4. The van der Waals surface area contributed by atoms with Gasteiger partial charge in [0.2, 0.25) is 0 Å². The Hall–Kier alpha value is -2.21. The van der Waals surface area contributed by atoms with Crippen molar-refractivity contribution in [2.75, 3.05) is 33.0 Å². The Morgan fingerprint density at radius 1 is 1.17 bits per heavy atom. The summed E-state index contributed by atoms with van der Waals surface area (Å²) in [7, 11) is 5.63. The third-order valence-corrected chi connectivity index (χ3v) is 4.42. The molecule has 0 saturated carbocycles. The first-order valence-electron chi connectivity index (χ1n) is 7.90.